The quantitative estimate of drug-likeness (QED) is 0.473. The first kappa shape index (κ1) is 10.2. The molecule has 10 heavy (non-hydrogen) atoms. The van der Waals surface area contributed by atoms with Gasteiger partial charge in [0.15, 0.2) is 0 Å². The Kier molecular flexibility index (Phi) is 4.19. The third kappa shape index (κ3) is 4.05. The first-order valence-electron chi connectivity index (χ1n) is 2.72. The SMILES string of the molecule is CCOCN(C)S(=O)(=O)Cl. The Morgan fingerprint density at radius 1 is 1.60 bits per heavy atom. The molecule has 0 rings (SSSR count). The van der Waals surface area contributed by atoms with Crippen LogP contribution in [0.25, 0.3) is 0 Å². The van der Waals surface area contributed by atoms with E-state index in [0.29, 0.717) is 6.61 Å². The summed E-state index contributed by atoms with van der Waals surface area (Å²) in [7, 11) is 2.69. The summed E-state index contributed by atoms with van der Waals surface area (Å²) < 4.78 is 26.6. The van der Waals surface area contributed by atoms with Gasteiger partial charge in [0.05, 0.1) is 0 Å². The molecule has 0 saturated carbocycles. The Morgan fingerprint density at radius 2 is 2.10 bits per heavy atom. The summed E-state index contributed by atoms with van der Waals surface area (Å²) in [6, 6.07) is 0. The average Bonchev–Trinajstić information content (AvgIpc) is 1.80. The van der Waals surface area contributed by atoms with Crippen LogP contribution >= 0.6 is 10.7 Å². The molecular formula is C4H10ClNO3S. The van der Waals surface area contributed by atoms with Gasteiger partial charge >= 0.3 is 9.24 Å². The van der Waals surface area contributed by atoms with Crippen molar-refractivity contribution in [3.05, 3.63) is 0 Å². The minimum absolute atomic E-state index is 0.00231. The highest BCUT2D eigenvalue weighted by atomic mass is 35.7. The van der Waals surface area contributed by atoms with Gasteiger partial charge in [0.1, 0.15) is 6.73 Å². The number of nitrogens with zero attached hydrogens (tertiary/aromatic N) is 1. The Labute approximate surface area is 65.3 Å². The molecule has 0 aliphatic carbocycles. The van der Waals surface area contributed by atoms with Gasteiger partial charge in [-0.1, -0.05) is 0 Å². The zero-order valence-electron chi connectivity index (χ0n) is 5.87. The van der Waals surface area contributed by atoms with E-state index in [9.17, 15) is 8.42 Å². The Hall–Kier alpha value is 0.160. The molecule has 0 aliphatic rings. The van der Waals surface area contributed by atoms with Crippen LogP contribution in [0.3, 0.4) is 0 Å². The summed E-state index contributed by atoms with van der Waals surface area (Å²) in [6.45, 7) is 2.24. The summed E-state index contributed by atoms with van der Waals surface area (Å²) in [4.78, 5) is 0. The number of rotatable bonds is 4. The molecule has 0 aliphatic heterocycles. The van der Waals surface area contributed by atoms with Gasteiger partial charge < -0.3 is 4.74 Å². The van der Waals surface area contributed by atoms with E-state index in [2.05, 4.69) is 0 Å². The molecule has 0 spiro atoms. The molecule has 0 N–H and O–H groups in total. The lowest BCUT2D eigenvalue weighted by Gasteiger charge is -2.10. The van der Waals surface area contributed by atoms with Crippen molar-refractivity contribution in [2.45, 2.75) is 6.92 Å². The van der Waals surface area contributed by atoms with Gasteiger partial charge in [0, 0.05) is 24.3 Å². The maximum atomic E-state index is 10.4. The summed E-state index contributed by atoms with van der Waals surface area (Å²) in [5.41, 5.74) is 0. The molecule has 0 amide bonds. The molecule has 0 bridgehead atoms. The summed E-state index contributed by atoms with van der Waals surface area (Å²) >= 11 is 0. The smallest absolute Gasteiger partial charge is 0.301 e. The standard InChI is InChI=1S/C4H10ClNO3S/c1-3-9-4-6(2)10(5,7)8/h3-4H2,1-2H3. The lowest BCUT2D eigenvalue weighted by atomic mass is 10.9. The molecule has 0 radical (unpaired) electrons. The minimum atomic E-state index is -3.59. The molecule has 0 heterocycles. The third-order valence-electron chi connectivity index (χ3n) is 0.849. The summed E-state index contributed by atoms with van der Waals surface area (Å²) in [6.07, 6.45) is 0. The molecule has 0 aromatic carbocycles. The lowest BCUT2D eigenvalue weighted by molar-refractivity contribution is 0.0925. The van der Waals surface area contributed by atoms with Crippen LogP contribution in [0.5, 0.6) is 0 Å². The molecule has 0 aromatic rings. The van der Waals surface area contributed by atoms with Gasteiger partial charge in [0.25, 0.3) is 0 Å². The van der Waals surface area contributed by atoms with Gasteiger partial charge in [-0.25, -0.2) is 0 Å². The van der Waals surface area contributed by atoms with Gasteiger partial charge in [-0.3, -0.25) is 0 Å². The second kappa shape index (κ2) is 4.12. The second-order valence-electron chi connectivity index (χ2n) is 1.66. The first-order valence-corrected chi connectivity index (χ1v) is 4.98. The van der Waals surface area contributed by atoms with Gasteiger partial charge in [-0.2, -0.15) is 12.7 Å². The highest BCUT2D eigenvalue weighted by Crippen LogP contribution is 2.01. The normalized spacial score (nSPS) is 12.4. The van der Waals surface area contributed by atoms with Crippen molar-refractivity contribution in [1.29, 1.82) is 0 Å². The number of hydrogen-bond acceptors (Lipinski definition) is 3. The predicted octanol–water partition coefficient (Wildman–Crippen LogP) is 0.396. The van der Waals surface area contributed by atoms with Crippen LogP contribution in [0, 0.1) is 0 Å². The lowest BCUT2D eigenvalue weighted by Crippen LogP contribution is -2.24. The molecular weight excluding hydrogens is 178 g/mol. The maximum Gasteiger partial charge on any atom is 0.301 e. The van der Waals surface area contributed by atoms with Crippen molar-refractivity contribution in [2.24, 2.45) is 0 Å². The van der Waals surface area contributed by atoms with Crippen molar-refractivity contribution in [3.8, 4) is 0 Å². The number of hydrogen-bond donors (Lipinski definition) is 0. The molecule has 0 atom stereocenters. The Morgan fingerprint density at radius 3 is 2.40 bits per heavy atom. The van der Waals surface area contributed by atoms with E-state index in [0.717, 1.165) is 4.31 Å². The third-order valence-corrected chi connectivity index (χ3v) is 2.41. The molecule has 62 valence electrons. The van der Waals surface area contributed by atoms with Crippen molar-refractivity contribution in [2.75, 3.05) is 20.4 Å². The van der Waals surface area contributed by atoms with Gasteiger partial charge in [-0.15, -0.1) is 0 Å². The fraction of sp³-hybridized carbons (Fsp3) is 1.00. The van der Waals surface area contributed by atoms with E-state index < -0.39 is 9.24 Å². The Balaban J connectivity index is 3.75. The van der Waals surface area contributed by atoms with Crippen molar-refractivity contribution < 1.29 is 13.2 Å². The fourth-order valence-corrected chi connectivity index (χ4v) is 0.603. The maximum absolute atomic E-state index is 10.4. The largest absolute Gasteiger partial charge is 0.365 e. The minimum Gasteiger partial charge on any atom is -0.365 e. The van der Waals surface area contributed by atoms with Crippen LogP contribution in [0.2, 0.25) is 0 Å². The summed E-state index contributed by atoms with van der Waals surface area (Å²) in [5, 5.41) is 0. The van der Waals surface area contributed by atoms with E-state index in [1.807, 2.05) is 0 Å². The van der Waals surface area contributed by atoms with Crippen molar-refractivity contribution in [1.82, 2.24) is 4.31 Å². The van der Waals surface area contributed by atoms with E-state index in [4.69, 9.17) is 15.4 Å². The molecule has 4 nitrogen and oxygen atoms in total. The highest BCUT2D eigenvalue weighted by Gasteiger charge is 2.12. The average molecular weight is 188 g/mol. The van der Waals surface area contributed by atoms with Crippen molar-refractivity contribution >= 4 is 19.9 Å². The molecule has 0 fully saturated rings. The zero-order chi connectivity index (χ0) is 8.20. The van der Waals surface area contributed by atoms with Crippen LogP contribution in [0.1, 0.15) is 6.92 Å². The molecule has 0 saturated heterocycles. The van der Waals surface area contributed by atoms with E-state index >= 15 is 0 Å². The Bertz CT molecular complexity index is 179. The van der Waals surface area contributed by atoms with Crippen LogP contribution in [0.4, 0.5) is 0 Å². The van der Waals surface area contributed by atoms with Gasteiger partial charge in [0.2, 0.25) is 0 Å². The fourth-order valence-electron chi connectivity index (χ4n) is 0.283. The van der Waals surface area contributed by atoms with E-state index in [-0.39, 0.29) is 6.73 Å². The number of ether oxygens (including phenoxy) is 1. The van der Waals surface area contributed by atoms with Crippen LogP contribution in [-0.4, -0.2) is 33.1 Å². The molecule has 0 unspecified atom stereocenters. The topological polar surface area (TPSA) is 46.6 Å². The van der Waals surface area contributed by atoms with E-state index in [1.54, 1.807) is 6.92 Å². The molecule has 6 heteroatoms. The van der Waals surface area contributed by atoms with Crippen LogP contribution in [0.15, 0.2) is 0 Å². The summed E-state index contributed by atoms with van der Waals surface area (Å²) in [5.74, 6) is 0. The van der Waals surface area contributed by atoms with Crippen LogP contribution in [-0.2, 0) is 14.0 Å². The van der Waals surface area contributed by atoms with Crippen LogP contribution < -0.4 is 0 Å². The zero-order valence-corrected chi connectivity index (χ0v) is 7.44. The highest BCUT2D eigenvalue weighted by molar-refractivity contribution is 8.11. The number of halogens is 1. The predicted molar refractivity (Wildman–Crippen MR) is 39.0 cm³/mol. The first-order chi connectivity index (χ1) is 4.48. The second-order valence-corrected chi connectivity index (χ2v) is 4.28. The van der Waals surface area contributed by atoms with Gasteiger partial charge in [-0.05, 0) is 6.92 Å². The van der Waals surface area contributed by atoms with E-state index in [1.165, 1.54) is 7.05 Å². The molecule has 0 aromatic heterocycles. The monoisotopic (exact) mass is 187 g/mol. The van der Waals surface area contributed by atoms with Crippen molar-refractivity contribution in [3.63, 3.8) is 0 Å².